The molecule has 2 rings (SSSR count). The summed E-state index contributed by atoms with van der Waals surface area (Å²) in [5, 5.41) is 8.68. The van der Waals surface area contributed by atoms with E-state index in [9.17, 15) is 9.59 Å². The third-order valence-electron chi connectivity index (χ3n) is 3.97. The number of aliphatic carboxylic acids is 1. The van der Waals surface area contributed by atoms with Crippen LogP contribution in [0.5, 0.6) is 0 Å². The molecule has 21 heavy (non-hydrogen) atoms. The molecule has 1 aromatic carbocycles. The number of hydrogen-bond acceptors (Lipinski definition) is 3. The van der Waals surface area contributed by atoms with Crippen LogP contribution in [-0.4, -0.2) is 59.5 Å². The average molecular weight is 290 g/mol. The van der Waals surface area contributed by atoms with Gasteiger partial charge in [-0.1, -0.05) is 24.3 Å². The molecule has 1 N–H and O–H groups in total. The number of benzene rings is 1. The molecular weight excluding hydrogens is 268 g/mol. The summed E-state index contributed by atoms with van der Waals surface area (Å²) >= 11 is 0. The normalized spacial score (nSPS) is 16.0. The van der Waals surface area contributed by atoms with E-state index in [4.69, 9.17) is 5.11 Å². The van der Waals surface area contributed by atoms with E-state index in [2.05, 4.69) is 4.90 Å². The van der Waals surface area contributed by atoms with Gasteiger partial charge in [-0.15, -0.1) is 0 Å². The summed E-state index contributed by atoms with van der Waals surface area (Å²) in [6.45, 7) is 5.47. The van der Waals surface area contributed by atoms with Crippen molar-refractivity contribution in [3.63, 3.8) is 0 Å². The van der Waals surface area contributed by atoms with Crippen molar-refractivity contribution in [2.75, 3.05) is 32.7 Å². The van der Waals surface area contributed by atoms with E-state index >= 15 is 0 Å². The number of piperazine rings is 1. The summed E-state index contributed by atoms with van der Waals surface area (Å²) in [5.41, 5.74) is 2.22. The van der Waals surface area contributed by atoms with Crippen LogP contribution in [0.3, 0.4) is 0 Å². The van der Waals surface area contributed by atoms with Gasteiger partial charge in [0.15, 0.2) is 0 Å². The smallest absolute Gasteiger partial charge is 0.304 e. The number of carbonyl (C=O) groups is 2. The van der Waals surface area contributed by atoms with Crippen LogP contribution in [0.2, 0.25) is 0 Å². The number of carboxylic acids is 1. The van der Waals surface area contributed by atoms with E-state index in [-0.39, 0.29) is 12.3 Å². The Kier molecular flexibility index (Phi) is 5.33. The number of carbonyl (C=O) groups excluding carboxylic acids is 1. The van der Waals surface area contributed by atoms with Crippen molar-refractivity contribution >= 4 is 11.9 Å². The lowest BCUT2D eigenvalue weighted by Gasteiger charge is -2.34. The minimum atomic E-state index is -0.770. The third-order valence-corrected chi connectivity index (χ3v) is 3.97. The summed E-state index contributed by atoms with van der Waals surface area (Å²) in [4.78, 5) is 26.8. The zero-order valence-electron chi connectivity index (χ0n) is 12.4. The van der Waals surface area contributed by atoms with Gasteiger partial charge < -0.3 is 10.0 Å². The molecule has 1 saturated heterocycles. The third kappa shape index (κ3) is 4.56. The molecule has 0 aromatic heterocycles. The maximum absolute atomic E-state index is 12.3. The van der Waals surface area contributed by atoms with Crippen LogP contribution < -0.4 is 0 Å². The molecule has 0 aliphatic carbocycles. The van der Waals surface area contributed by atoms with Crippen molar-refractivity contribution in [1.29, 1.82) is 0 Å². The number of aryl methyl sites for hydroxylation is 1. The lowest BCUT2D eigenvalue weighted by atomic mass is 10.1. The van der Waals surface area contributed by atoms with E-state index in [1.165, 1.54) is 0 Å². The zero-order chi connectivity index (χ0) is 15.2. The Morgan fingerprint density at radius 1 is 1.14 bits per heavy atom. The summed E-state index contributed by atoms with van der Waals surface area (Å²) in [6.07, 6.45) is 0.610. The number of rotatable bonds is 5. The van der Waals surface area contributed by atoms with Crippen LogP contribution >= 0.6 is 0 Å². The van der Waals surface area contributed by atoms with E-state index in [0.29, 0.717) is 26.1 Å². The summed E-state index contributed by atoms with van der Waals surface area (Å²) in [7, 11) is 0. The van der Waals surface area contributed by atoms with Gasteiger partial charge in [0.1, 0.15) is 0 Å². The van der Waals surface area contributed by atoms with Crippen LogP contribution in [0.25, 0.3) is 0 Å². The van der Waals surface area contributed by atoms with Crippen molar-refractivity contribution in [3.05, 3.63) is 35.4 Å². The first-order valence-electron chi connectivity index (χ1n) is 7.32. The second kappa shape index (κ2) is 7.22. The number of amides is 1. The first kappa shape index (κ1) is 15.5. The number of hydrogen-bond donors (Lipinski definition) is 1. The van der Waals surface area contributed by atoms with Crippen molar-refractivity contribution in [2.24, 2.45) is 0 Å². The first-order valence-corrected chi connectivity index (χ1v) is 7.32. The summed E-state index contributed by atoms with van der Waals surface area (Å²) in [5.74, 6) is -0.616. The highest BCUT2D eigenvalue weighted by Crippen LogP contribution is 2.11. The van der Waals surface area contributed by atoms with Crippen LogP contribution in [0.1, 0.15) is 17.5 Å². The standard InChI is InChI=1S/C16H22N2O3/c1-13-4-2-3-5-14(13)12-15(19)18-10-8-17(9-11-18)7-6-16(20)21/h2-5H,6-12H2,1H3,(H,20,21). The second-order valence-electron chi connectivity index (χ2n) is 5.47. The van der Waals surface area contributed by atoms with Crippen molar-refractivity contribution in [1.82, 2.24) is 9.80 Å². The molecule has 1 aliphatic rings. The van der Waals surface area contributed by atoms with Gasteiger partial charge in [0.05, 0.1) is 12.8 Å². The molecule has 0 saturated carbocycles. The maximum Gasteiger partial charge on any atom is 0.304 e. The Bertz CT molecular complexity index is 508. The number of carboxylic acid groups (broad SMARTS) is 1. The summed E-state index contributed by atoms with van der Waals surface area (Å²) in [6, 6.07) is 7.95. The van der Waals surface area contributed by atoms with Crippen LogP contribution in [0.4, 0.5) is 0 Å². The molecule has 1 amide bonds. The van der Waals surface area contributed by atoms with E-state index in [0.717, 1.165) is 24.2 Å². The van der Waals surface area contributed by atoms with Gasteiger partial charge in [-0.05, 0) is 18.1 Å². The van der Waals surface area contributed by atoms with Crippen LogP contribution in [0.15, 0.2) is 24.3 Å². The average Bonchev–Trinajstić information content (AvgIpc) is 2.48. The fourth-order valence-electron chi connectivity index (χ4n) is 2.56. The molecule has 0 bridgehead atoms. The largest absolute Gasteiger partial charge is 0.481 e. The Hall–Kier alpha value is -1.88. The van der Waals surface area contributed by atoms with Gasteiger partial charge in [0.25, 0.3) is 0 Å². The highest BCUT2D eigenvalue weighted by Gasteiger charge is 2.21. The first-order chi connectivity index (χ1) is 10.1. The van der Waals surface area contributed by atoms with Crippen LogP contribution in [0, 0.1) is 6.92 Å². The SMILES string of the molecule is Cc1ccccc1CC(=O)N1CCN(CCC(=O)O)CC1. The molecule has 1 heterocycles. The highest BCUT2D eigenvalue weighted by atomic mass is 16.4. The Morgan fingerprint density at radius 3 is 2.43 bits per heavy atom. The van der Waals surface area contributed by atoms with E-state index < -0.39 is 5.97 Å². The second-order valence-corrected chi connectivity index (χ2v) is 5.47. The molecule has 1 fully saturated rings. The minimum absolute atomic E-state index is 0.155. The van der Waals surface area contributed by atoms with Gasteiger partial charge >= 0.3 is 5.97 Å². The monoisotopic (exact) mass is 290 g/mol. The Labute approximate surface area is 125 Å². The molecular formula is C16H22N2O3. The van der Waals surface area contributed by atoms with E-state index in [1.54, 1.807) is 0 Å². The fraction of sp³-hybridized carbons (Fsp3) is 0.500. The molecule has 0 radical (unpaired) electrons. The molecule has 5 heteroatoms. The molecule has 0 spiro atoms. The molecule has 114 valence electrons. The molecule has 1 aliphatic heterocycles. The highest BCUT2D eigenvalue weighted by molar-refractivity contribution is 5.79. The van der Waals surface area contributed by atoms with Gasteiger partial charge in [-0.2, -0.15) is 0 Å². The van der Waals surface area contributed by atoms with Gasteiger partial charge in [0, 0.05) is 32.7 Å². The van der Waals surface area contributed by atoms with Gasteiger partial charge in [0.2, 0.25) is 5.91 Å². The Morgan fingerprint density at radius 2 is 1.81 bits per heavy atom. The molecule has 5 nitrogen and oxygen atoms in total. The van der Waals surface area contributed by atoms with Crippen molar-refractivity contribution in [2.45, 2.75) is 19.8 Å². The predicted molar refractivity (Wildman–Crippen MR) is 80.2 cm³/mol. The molecule has 0 atom stereocenters. The molecule has 0 unspecified atom stereocenters. The topological polar surface area (TPSA) is 60.9 Å². The zero-order valence-corrected chi connectivity index (χ0v) is 12.4. The Balaban J connectivity index is 1.81. The van der Waals surface area contributed by atoms with Crippen molar-refractivity contribution < 1.29 is 14.7 Å². The van der Waals surface area contributed by atoms with Crippen molar-refractivity contribution in [3.8, 4) is 0 Å². The maximum atomic E-state index is 12.3. The van der Waals surface area contributed by atoms with Gasteiger partial charge in [-0.3, -0.25) is 14.5 Å². The van der Waals surface area contributed by atoms with Crippen LogP contribution in [-0.2, 0) is 16.0 Å². The quantitative estimate of drug-likeness (QED) is 0.884. The lowest BCUT2D eigenvalue weighted by molar-refractivity contribution is -0.138. The summed E-state index contributed by atoms with van der Waals surface area (Å²) < 4.78 is 0. The number of nitrogens with zero attached hydrogens (tertiary/aromatic N) is 2. The van der Waals surface area contributed by atoms with E-state index in [1.807, 2.05) is 36.1 Å². The minimum Gasteiger partial charge on any atom is -0.481 e. The van der Waals surface area contributed by atoms with Gasteiger partial charge in [-0.25, -0.2) is 0 Å². The molecule has 1 aromatic rings. The predicted octanol–water partition coefficient (Wildman–Crippen LogP) is 1.16. The fourth-order valence-corrected chi connectivity index (χ4v) is 2.56. The lowest BCUT2D eigenvalue weighted by Crippen LogP contribution is -2.49.